The number of thiazole rings is 1. The zero-order valence-electron chi connectivity index (χ0n) is 11.6. The van der Waals surface area contributed by atoms with Gasteiger partial charge in [0.05, 0.1) is 5.69 Å². The highest BCUT2D eigenvalue weighted by atomic mass is 32.1. The summed E-state index contributed by atoms with van der Waals surface area (Å²) in [5.41, 5.74) is 3.47. The molecule has 1 aliphatic carbocycles. The third-order valence-electron chi connectivity index (χ3n) is 4.12. The van der Waals surface area contributed by atoms with E-state index in [1.54, 1.807) is 0 Å². The van der Waals surface area contributed by atoms with Crippen molar-refractivity contribution < 1.29 is 4.79 Å². The van der Waals surface area contributed by atoms with Crippen LogP contribution in [0, 0.1) is 0 Å². The van der Waals surface area contributed by atoms with Gasteiger partial charge < -0.3 is 10.6 Å². The summed E-state index contributed by atoms with van der Waals surface area (Å²) in [6.07, 6.45) is 3.44. The van der Waals surface area contributed by atoms with Gasteiger partial charge in [-0.1, -0.05) is 24.3 Å². The van der Waals surface area contributed by atoms with E-state index in [0.29, 0.717) is 11.0 Å². The van der Waals surface area contributed by atoms with Crippen molar-refractivity contribution in [2.75, 3.05) is 11.9 Å². The smallest absolute Gasteiger partial charge is 0.247 e. The molecule has 1 aromatic heterocycles. The predicted molar refractivity (Wildman–Crippen MR) is 83.6 cm³/mol. The van der Waals surface area contributed by atoms with Gasteiger partial charge in [0, 0.05) is 17.8 Å². The van der Waals surface area contributed by atoms with Gasteiger partial charge in [0.25, 0.3) is 0 Å². The molecule has 1 aromatic carbocycles. The van der Waals surface area contributed by atoms with Crippen LogP contribution >= 0.6 is 11.3 Å². The monoisotopic (exact) mass is 299 g/mol. The van der Waals surface area contributed by atoms with Gasteiger partial charge >= 0.3 is 0 Å². The third-order valence-corrected chi connectivity index (χ3v) is 4.89. The van der Waals surface area contributed by atoms with E-state index in [4.69, 9.17) is 0 Å². The van der Waals surface area contributed by atoms with E-state index in [9.17, 15) is 4.79 Å². The summed E-state index contributed by atoms with van der Waals surface area (Å²) in [6, 6.07) is 7.87. The number of nitrogens with one attached hydrogen (secondary N) is 2. The molecule has 1 fully saturated rings. The molecule has 21 heavy (non-hydrogen) atoms. The fraction of sp³-hybridized carbons (Fsp3) is 0.375. The maximum absolute atomic E-state index is 12.5. The molecule has 2 N–H and O–H groups in total. The number of nitrogens with zero attached hydrogens (tertiary/aromatic N) is 1. The second-order valence-electron chi connectivity index (χ2n) is 5.68. The topological polar surface area (TPSA) is 54.0 Å². The molecule has 2 aromatic rings. The number of amides is 1. The number of benzene rings is 1. The molecule has 1 saturated carbocycles. The molecular formula is C16H17N3OS. The Morgan fingerprint density at radius 2 is 2.19 bits per heavy atom. The van der Waals surface area contributed by atoms with Crippen LogP contribution in [-0.2, 0) is 11.2 Å². The normalized spacial score (nSPS) is 20.9. The molecule has 2 heterocycles. The van der Waals surface area contributed by atoms with Gasteiger partial charge in [-0.25, -0.2) is 4.98 Å². The maximum Gasteiger partial charge on any atom is 0.247 e. The van der Waals surface area contributed by atoms with Gasteiger partial charge in [-0.2, -0.15) is 0 Å². The van der Waals surface area contributed by atoms with E-state index in [-0.39, 0.29) is 11.9 Å². The SMILES string of the molecule is O=C(Nc1nc(C2CC2)cs1)C1NCCc2ccccc21. The minimum Gasteiger partial charge on any atom is -0.302 e. The minimum absolute atomic E-state index is 0.0150. The Morgan fingerprint density at radius 1 is 1.33 bits per heavy atom. The molecule has 4 nitrogen and oxygen atoms in total. The van der Waals surface area contributed by atoms with E-state index < -0.39 is 0 Å². The fourth-order valence-electron chi connectivity index (χ4n) is 2.83. The van der Waals surface area contributed by atoms with Gasteiger partial charge in [-0.05, 0) is 30.4 Å². The highest BCUT2D eigenvalue weighted by molar-refractivity contribution is 7.13. The van der Waals surface area contributed by atoms with Gasteiger partial charge in [0.1, 0.15) is 6.04 Å². The van der Waals surface area contributed by atoms with E-state index in [1.807, 2.05) is 18.2 Å². The van der Waals surface area contributed by atoms with Crippen LogP contribution in [0.25, 0.3) is 0 Å². The Balaban J connectivity index is 1.52. The first-order valence-corrected chi connectivity index (χ1v) is 8.27. The molecule has 0 bridgehead atoms. The van der Waals surface area contributed by atoms with Gasteiger partial charge in [0.15, 0.2) is 5.13 Å². The van der Waals surface area contributed by atoms with Crippen molar-refractivity contribution in [2.45, 2.75) is 31.2 Å². The van der Waals surface area contributed by atoms with Crippen LogP contribution in [0.2, 0.25) is 0 Å². The molecule has 108 valence electrons. The standard InChI is InChI=1S/C16H17N3OS/c20-15(19-16-18-13(9-21-16)11-5-6-11)14-12-4-2-1-3-10(12)7-8-17-14/h1-4,9,11,14,17H,5-8H2,(H,18,19,20). The highest BCUT2D eigenvalue weighted by Crippen LogP contribution is 2.41. The minimum atomic E-state index is -0.275. The van der Waals surface area contributed by atoms with Crippen molar-refractivity contribution in [3.63, 3.8) is 0 Å². The maximum atomic E-state index is 12.5. The van der Waals surface area contributed by atoms with Gasteiger partial charge in [-0.15, -0.1) is 11.3 Å². The Morgan fingerprint density at radius 3 is 3.05 bits per heavy atom. The lowest BCUT2D eigenvalue weighted by Crippen LogP contribution is -2.38. The molecule has 5 heteroatoms. The number of rotatable bonds is 3. The van der Waals surface area contributed by atoms with Crippen LogP contribution in [0.4, 0.5) is 5.13 Å². The number of hydrogen-bond acceptors (Lipinski definition) is 4. The molecule has 0 spiro atoms. The zero-order valence-corrected chi connectivity index (χ0v) is 12.5. The Hall–Kier alpha value is -1.72. The Bertz CT molecular complexity index is 678. The highest BCUT2D eigenvalue weighted by Gasteiger charge is 2.28. The summed E-state index contributed by atoms with van der Waals surface area (Å²) >= 11 is 1.52. The summed E-state index contributed by atoms with van der Waals surface area (Å²) in [7, 11) is 0. The van der Waals surface area contributed by atoms with Crippen LogP contribution in [0.5, 0.6) is 0 Å². The number of aromatic nitrogens is 1. The van der Waals surface area contributed by atoms with E-state index in [2.05, 4.69) is 27.1 Å². The molecule has 1 atom stereocenters. The lowest BCUT2D eigenvalue weighted by Gasteiger charge is -2.25. The summed E-state index contributed by atoms with van der Waals surface area (Å²) in [4.78, 5) is 17.0. The second-order valence-corrected chi connectivity index (χ2v) is 6.54. The van der Waals surface area contributed by atoms with Gasteiger partial charge in [-0.3, -0.25) is 4.79 Å². The lowest BCUT2D eigenvalue weighted by molar-refractivity contribution is -0.118. The molecular weight excluding hydrogens is 282 g/mol. The van der Waals surface area contributed by atoms with E-state index in [1.165, 1.54) is 29.7 Å². The molecule has 4 rings (SSSR count). The van der Waals surface area contributed by atoms with Crippen molar-refractivity contribution in [1.29, 1.82) is 0 Å². The van der Waals surface area contributed by atoms with Crippen molar-refractivity contribution >= 4 is 22.4 Å². The summed E-state index contributed by atoms with van der Waals surface area (Å²) < 4.78 is 0. The molecule has 1 aliphatic heterocycles. The first kappa shape index (κ1) is 13.0. The molecule has 1 amide bonds. The number of fused-ring (bicyclic) bond motifs is 1. The summed E-state index contributed by atoms with van der Waals surface area (Å²) in [5, 5.41) is 9.04. The summed E-state index contributed by atoms with van der Waals surface area (Å²) in [5.74, 6) is 0.610. The predicted octanol–water partition coefficient (Wildman–Crippen LogP) is 2.85. The molecule has 0 radical (unpaired) electrons. The zero-order chi connectivity index (χ0) is 14.2. The van der Waals surface area contributed by atoms with Crippen LogP contribution < -0.4 is 10.6 Å². The van der Waals surface area contributed by atoms with Gasteiger partial charge in [0.2, 0.25) is 5.91 Å². The van der Waals surface area contributed by atoms with Crippen molar-refractivity contribution in [3.05, 3.63) is 46.5 Å². The Labute approximate surface area is 127 Å². The Kier molecular flexibility index (Phi) is 3.24. The van der Waals surface area contributed by atoms with E-state index >= 15 is 0 Å². The quantitative estimate of drug-likeness (QED) is 0.916. The number of hydrogen-bond donors (Lipinski definition) is 2. The fourth-order valence-corrected chi connectivity index (χ4v) is 3.62. The summed E-state index contributed by atoms with van der Waals surface area (Å²) in [6.45, 7) is 0.834. The largest absolute Gasteiger partial charge is 0.302 e. The molecule has 1 unspecified atom stereocenters. The number of carbonyl (C=O) groups excluding carboxylic acids is 1. The third kappa shape index (κ3) is 2.59. The average molecular weight is 299 g/mol. The molecule has 2 aliphatic rings. The first-order chi connectivity index (χ1) is 10.3. The van der Waals surface area contributed by atoms with Crippen molar-refractivity contribution in [2.24, 2.45) is 0 Å². The van der Waals surface area contributed by atoms with Crippen LogP contribution in [0.3, 0.4) is 0 Å². The molecule has 0 saturated heterocycles. The van der Waals surface area contributed by atoms with Crippen molar-refractivity contribution in [1.82, 2.24) is 10.3 Å². The van der Waals surface area contributed by atoms with Crippen molar-refractivity contribution in [3.8, 4) is 0 Å². The first-order valence-electron chi connectivity index (χ1n) is 7.39. The van der Waals surface area contributed by atoms with Crippen LogP contribution in [0.1, 0.15) is 41.6 Å². The number of anilines is 1. The average Bonchev–Trinajstić information content (AvgIpc) is 3.27. The van der Waals surface area contributed by atoms with E-state index in [0.717, 1.165) is 24.2 Å². The number of carbonyl (C=O) groups is 1. The second kappa shape index (κ2) is 5.24. The van der Waals surface area contributed by atoms with Crippen LogP contribution in [0.15, 0.2) is 29.6 Å². The lowest BCUT2D eigenvalue weighted by atomic mass is 9.94. The van der Waals surface area contributed by atoms with Crippen LogP contribution in [-0.4, -0.2) is 17.4 Å².